The molecule has 0 radical (unpaired) electrons. The summed E-state index contributed by atoms with van der Waals surface area (Å²) >= 11 is 0. The minimum atomic E-state index is -5.13. The summed E-state index contributed by atoms with van der Waals surface area (Å²) in [6.45, 7) is 3.18. The average Bonchev–Trinajstić information content (AvgIpc) is 3.30. The zero-order valence-electron chi connectivity index (χ0n) is 41.0. The molecule has 6 unspecified atom stereocenters. The van der Waals surface area contributed by atoms with Crippen molar-refractivity contribution in [2.75, 3.05) is 13.2 Å². The quantitative estimate of drug-likeness (QED) is 0.0146. The van der Waals surface area contributed by atoms with Crippen LogP contribution >= 0.6 is 7.82 Å². The van der Waals surface area contributed by atoms with Gasteiger partial charge in [-0.3, -0.25) is 18.6 Å². The van der Waals surface area contributed by atoms with Gasteiger partial charge in [-0.2, -0.15) is 0 Å². The molecule has 0 aromatic heterocycles. The number of phosphoric ester groups is 1. The summed E-state index contributed by atoms with van der Waals surface area (Å²) in [5.41, 5.74) is 0. The smallest absolute Gasteiger partial charge is 0.462 e. The molecule has 0 heterocycles. The van der Waals surface area contributed by atoms with Crippen LogP contribution in [0, 0.1) is 0 Å². The third-order valence-electron chi connectivity index (χ3n) is 11.9. The standard InChI is InChI=1S/C52H93O13P/c1-3-5-7-9-11-13-15-17-19-20-21-22-23-24-25-27-28-30-32-34-36-38-40-45(53)62-42-44(43-63-66(60,61)65-52-50(58)48(56)47(55)49(57)51(52)59)64-46(54)41-39-37-35-33-31-29-26-18-16-14-12-10-8-6-4-2/h6,8,12,14,18,26,31,33,44,47-52,55-59H,3-5,7,9-11,13,15-17,19-25,27-30,32,34-43H2,1-2H3,(H,60,61)/b8-6-,14-12-,26-18-,33-31-. The van der Waals surface area contributed by atoms with Crippen LogP contribution in [-0.4, -0.2) is 98.3 Å². The van der Waals surface area contributed by atoms with Crippen LogP contribution in [0.15, 0.2) is 48.6 Å². The number of unbranched alkanes of at least 4 members (excludes halogenated alkanes) is 23. The van der Waals surface area contributed by atoms with E-state index >= 15 is 0 Å². The van der Waals surface area contributed by atoms with Gasteiger partial charge in [-0.05, 0) is 51.4 Å². The van der Waals surface area contributed by atoms with E-state index in [4.69, 9.17) is 18.5 Å². The number of hydrogen-bond acceptors (Lipinski definition) is 12. The average molecular weight is 957 g/mol. The Morgan fingerprint density at radius 1 is 0.485 bits per heavy atom. The Labute approximate surface area is 399 Å². The van der Waals surface area contributed by atoms with Crippen molar-refractivity contribution in [3.63, 3.8) is 0 Å². The maximum atomic E-state index is 12.8. The molecule has 1 saturated carbocycles. The molecular formula is C52H93O13P. The highest BCUT2D eigenvalue weighted by Gasteiger charge is 2.51. The van der Waals surface area contributed by atoms with E-state index in [-0.39, 0.29) is 12.8 Å². The van der Waals surface area contributed by atoms with E-state index in [0.29, 0.717) is 12.8 Å². The van der Waals surface area contributed by atoms with E-state index in [1.807, 2.05) is 0 Å². The lowest BCUT2D eigenvalue weighted by Gasteiger charge is -2.41. The Bertz CT molecular complexity index is 1340. The van der Waals surface area contributed by atoms with Gasteiger partial charge in [-0.1, -0.05) is 197 Å². The van der Waals surface area contributed by atoms with Crippen LogP contribution in [-0.2, 0) is 32.7 Å². The molecule has 1 aliphatic carbocycles. The summed E-state index contributed by atoms with van der Waals surface area (Å²) in [7, 11) is -5.13. The largest absolute Gasteiger partial charge is 0.472 e. The number of hydrogen-bond donors (Lipinski definition) is 6. The highest BCUT2D eigenvalue weighted by Crippen LogP contribution is 2.47. The van der Waals surface area contributed by atoms with E-state index in [9.17, 15) is 44.6 Å². The zero-order valence-corrected chi connectivity index (χ0v) is 41.9. The normalized spacial score (nSPS) is 21.6. The maximum Gasteiger partial charge on any atom is 0.472 e. The number of carbonyl (C=O) groups is 2. The molecule has 0 saturated heterocycles. The van der Waals surface area contributed by atoms with Crippen LogP contribution in [0.5, 0.6) is 0 Å². The number of ether oxygens (including phenoxy) is 2. The third kappa shape index (κ3) is 33.3. The fraction of sp³-hybridized carbons (Fsp3) is 0.808. The van der Waals surface area contributed by atoms with Crippen molar-refractivity contribution in [1.82, 2.24) is 0 Å². The van der Waals surface area contributed by atoms with E-state index < -0.39 is 75.7 Å². The lowest BCUT2D eigenvalue weighted by Crippen LogP contribution is -2.64. The van der Waals surface area contributed by atoms with Crippen molar-refractivity contribution < 1.29 is 63.1 Å². The molecule has 0 aliphatic heterocycles. The lowest BCUT2D eigenvalue weighted by atomic mass is 9.85. The second-order valence-electron chi connectivity index (χ2n) is 18.0. The SMILES string of the molecule is CC/C=C\C/C=C\C/C=C\C/C=C\CCCCC(=O)OC(COC(=O)CCCCCCCCCCCCCCCCCCCCCCCC)COP(=O)(O)OC1C(O)C(O)C(O)C(O)C1O. The number of aliphatic hydroxyl groups is 5. The fourth-order valence-electron chi connectivity index (χ4n) is 7.81. The molecule has 0 aromatic carbocycles. The summed E-state index contributed by atoms with van der Waals surface area (Å²) in [6, 6.07) is 0. The first-order valence-corrected chi connectivity index (χ1v) is 27.4. The Kier molecular flexibility index (Phi) is 39.1. The molecule has 0 aromatic rings. The molecule has 14 heteroatoms. The minimum absolute atomic E-state index is 0.0449. The van der Waals surface area contributed by atoms with Crippen LogP contribution in [0.4, 0.5) is 0 Å². The van der Waals surface area contributed by atoms with Crippen molar-refractivity contribution in [3.05, 3.63) is 48.6 Å². The number of phosphoric acid groups is 1. The fourth-order valence-corrected chi connectivity index (χ4v) is 8.78. The van der Waals surface area contributed by atoms with Gasteiger partial charge in [0.25, 0.3) is 0 Å². The monoisotopic (exact) mass is 957 g/mol. The summed E-state index contributed by atoms with van der Waals surface area (Å²) in [6.07, 6.45) is 37.5. The van der Waals surface area contributed by atoms with Crippen molar-refractivity contribution >= 4 is 19.8 Å². The number of rotatable bonds is 43. The van der Waals surface area contributed by atoms with Gasteiger partial charge in [-0.15, -0.1) is 0 Å². The predicted octanol–water partition coefficient (Wildman–Crippen LogP) is 11.1. The first-order valence-electron chi connectivity index (χ1n) is 25.9. The van der Waals surface area contributed by atoms with Crippen LogP contribution in [0.2, 0.25) is 0 Å². The van der Waals surface area contributed by atoms with Gasteiger partial charge < -0.3 is 39.9 Å². The van der Waals surface area contributed by atoms with E-state index in [1.165, 1.54) is 116 Å². The summed E-state index contributed by atoms with van der Waals surface area (Å²) in [5.74, 6) is -1.14. The molecule has 13 nitrogen and oxygen atoms in total. The Morgan fingerprint density at radius 3 is 1.32 bits per heavy atom. The Hall–Kier alpha value is -2.19. The molecule has 6 atom stereocenters. The summed E-state index contributed by atoms with van der Waals surface area (Å²) < 4.78 is 33.6. The highest BCUT2D eigenvalue weighted by atomic mass is 31.2. The minimum Gasteiger partial charge on any atom is -0.462 e. The molecule has 1 aliphatic rings. The molecule has 6 N–H and O–H groups in total. The maximum absolute atomic E-state index is 12.8. The van der Waals surface area contributed by atoms with Crippen LogP contribution < -0.4 is 0 Å². The Balaban J connectivity index is 2.38. The van der Waals surface area contributed by atoms with Gasteiger partial charge in [0.05, 0.1) is 6.61 Å². The van der Waals surface area contributed by atoms with Gasteiger partial charge in [0.1, 0.15) is 43.2 Å². The molecule has 0 amide bonds. The van der Waals surface area contributed by atoms with Crippen molar-refractivity contribution in [2.45, 2.75) is 256 Å². The summed E-state index contributed by atoms with van der Waals surface area (Å²) in [5, 5.41) is 50.2. The summed E-state index contributed by atoms with van der Waals surface area (Å²) in [4.78, 5) is 35.8. The number of esters is 2. The Morgan fingerprint density at radius 2 is 0.864 bits per heavy atom. The molecule has 1 rings (SSSR count). The third-order valence-corrected chi connectivity index (χ3v) is 12.9. The zero-order chi connectivity index (χ0) is 48.5. The van der Waals surface area contributed by atoms with Gasteiger partial charge in [0.15, 0.2) is 6.10 Å². The van der Waals surface area contributed by atoms with Gasteiger partial charge >= 0.3 is 19.8 Å². The number of carbonyl (C=O) groups excluding carboxylic acids is 2. The molecule has 0 spiro atoms. The van der Waals surface area contributed by atoms with E-state index in [0.717, 1.165) is 57.8 Å². The van der Waals surface area contributed by atoms with Crippen LogP contribution in [0.3, 0.4) is 0 Å². The lowest BCUT2D eigenvalue weighted by molar-refractivity contribution is -0.220. The number of allylic oxidation sites excluding steroid dienone is 8. The van der Waals surface area contributed by atoms with Gasteiger partial charge in [0.2, 0.25) is 0 Å². The predicted molar refractivity (Wildman–Crippen MR) is 263 cm³/mol. The van der Waals surface area contributed by atoms with Gasteiger partial charge in [-0.25, -0.2) is 4.57 Å². The van der Waals surface area contributed by atoms with Crippen molar-refractivity contribution in [2.24, 2.45) is 0 Å². The first-order chi connectivity index (χ1) is 31.9. The molecule has 1 fully saturated rings. The first kappa shape index (κ1) is 61.8. The second-order valence-corrected chi connectivity index (χ2v) is 19.4. The molecular weight excluding hydrogens is 864 g/mol. The van der Waals surface area contributed by atoms with Crippen molar-refractivity contribution in [3.8, 4) is 0 Å². The second kappa shape index (κ2) is 41.8. The molecule has 0 bridgehead atoms. The van der Waals surface area contributed by atoms with E-state index in [2.05, 4.69) is 62.5 Å². The van der Waals surface area contributed by atoms with Crippen LogP contribution in [0.25, 0.3) is 0 Å². The van der Waals surface area contributed by atoms with Crippen molar-refractivity contribution in [1.29, 1.82) is 0 Å². The van der Waals surface area contributed by atoms with Gasteiger partial charge in [0, 0.05) is 12.8 Å². The number of aliphatic hydroxyl groups excluding tert-OH is 5. The highest BCUT2D eigenvalue weighted by molar-refractivity contribution is 7.47. The van der Waals surface area contributed by atoms with Crippen LogP contribution in [0.1, 0.15) is 213 Å². The molecule has 384 valence electrons. The molecule has 66 heavy (non-hydrogen) atoms. The van der Waals surface area contributed by atoms with E-state index in [1.54, 1.807) is 0 Å². The topological polar surface area (TPSA) is 210 Å².